The Morgan fingerprint density at radius 2 is 2.17 bits per heavy atom. The fourth-order valence-electron chi connectivity index (χ4n) is 0.900. The van der Waals surface area contributed by atoms with Gasteiger partial charge in [-0.1, -0.05) is 6.07 Å². The molecule has 0 fully saturated rings. The molecule has 0 aliphatic heterocycles. The van der Waals surface area contributed by atoms with Crippen LogP contribution in [0.4, 0.5) is 10.1 Å². The fourth-order valence-corrected chi connectivity index (χ4v) is 0.900. The van der Waals surface area contributed by atoms with E-state index >= 15 is 0 Å². The maximum Gasteiger partial charge on any atom is 0.250 e. The molecule has 0 aromatic heterocycles. The van der Waals surface area contributed by atoms with Gasteiger partial charge in [0.15, 0.2) is 0 Å². The molecule has 4 heteroatoms. The molecule has 1 amide bonds. The average Bonchev–Trinajstić information content (AvgIpc) is 2.05. The van der Waals surface area contributed by atoms with Crippen LogP contribution in [0.1, 0.15) is 15.9 Å². The van der Waals surface area contributed by atoms with Gasteiger partial charge in [-0.2, -0.15) is 0 Å². The van der Waals surface area contributed by atoms with E-state index in [0.717, 1.165) is 0 Å². The van der Waals surface area contributed by atoms with E-state index in [1.165, 1.54) is 18.2 Å². The van der Waals surface area contributed by atoms with Crippen LogP contribution in [0.5, 0.6) is 0 Å². The van der Waals surface area contributed by atoms with E-state index in [-0.39, 0.29) is 11.3 Å². The number of nitrogen functional groups attached to an aromatic ring is 1. The molecule has 1 aromatic carbocycles. The van der Waals surface area contributed by atoms with Crippen LogP contribution >= 0.6 is 0 Å². The minimum absolute atomic E-state index is 0.171. The molecule has 0 radical (unpaired) electrons. The SMILES string of the molecule is NC(=O)c1cc(CF)ccc1N. The Morgan fingerprint density at radius 3 is 2.67 bits per heavy atom. The highest BCUT2D eigenvalue weighted by Gasteiger charge is 2.05. The Labute approximate surface area is 69.2 Å². The first-order chi connectivity index (χ1) is 5.65. The summed E-state index contributed by atoms with van der Waals surface area (Å²) in [7, 11) is 0. The lowest BCUT2D eigenvalue weighted by Gasteiger charge is -2.02. The Bertz CT molecular complexity index is 312. The lowest BCUT2D eigenvalue weighted by atomic mass is 10.1. The molecule has 12 heavy (non-hydrogen) atoms. The van der Waals surface area contributed by atoms with E-state index < -0.39 is 12.6 Å². The number of hydrogen-bond acceptors (Lipinski definition) is 2. The molecule has 1 rings (SSSR count). The Kier molecular flexibility index (Phi) is 2.28. The smallest absolute Gasteiger partial charge is 0.250 e. The molecule has 64 valence electrons. The molecule has 0 unspecified atom stereocenters. The topological polar surface area (TPSA) is 69.1 Å². The van der Waals surface area contributed by atoms with Crippen molar-refractivity contribution < 1.29 is 9.18 Å². The summed E-state index contributed by atoms with van der Waals surface area (Å²) in [4.78, 5) is 10.7. The number of primary amides is 1. The second-order valence-electron chi connectivity index (χ2n) is 2.42. The average molecular weight is 168 g/mol. The molecule has 0 spiro atoms. The normalized spacial score (nSPS) is 9.75. The van der Waals surface area contributed by atoms with Crippen molar-refractivity contribution in [1.29, 1.82) is 0 Å². The van der Waals surface area contributed by atoms with Gasteiger partial charge in [0, 0.05) is 5.69 Å². The van der Waals surface area contributed by atoms with Crippen molar-refractivity contribution in [3.63, 3.8) is 0 Å². The highest BCUT2D eigenvalue weighted by Crippen LogP contribution is 2.13. The van der Waals surface area contributed by atoms with Crippen LogP contribution in [0.25, 0.3) is 0 Å². The first-order valence-electron chi connectivity index (χ1n) is 3.39. The molecular weight excluding hydrogens is 159 g/mol. The quantitative estimate of drug-likeness (QED) is 0.642. The third kappa shape index (κ3) is 1.53. The second-order valence-corrected chi connectivity index (χ2v) is 2.42. The molecule has 0 atom stereocenters. The van der Waals surface area contributed by atoms with Crippen molar-refractivity contribution in [3.8, 4) is 0 Å². The Hall–Kier alpha value is -1.58. The van der Waals surface area contributed by atoms with Gasteiger partial charge in [-0.05, 0) is 17.7 Å². The summed E-state index contributed by atoms with van der Waals surface area (Å²) in [5, 5.41) is 0. The zero-order chi connectivity index (χ0) is 9.14. The van der Waals surface area contributed by atoms with Crippen LogP contribution in [-0.4, -0.2) is 5.91 Å². The van der Waals surface area contributed by atoms with Gasteiger partial charge in [0.2, 0.25) is 0 Å². The molecule has 0 aliphatic carbocycles. The molecule has 0 saturated heterocycles. The summed E-state index contributed by atoms with van der Waals surface area (Å²) in [6.07, 6.45) is 0. The number of amides is 1. The Balaban J connectivity index is 3.17. The van der Waals surface area contributed by atoms with E-state index in [1.807, 2.05) is 0 Å². The van der Waals surface area contributed by atoms with E-state index in [1.54, 1.807) is 0 Å². The number of anilines is 1. The molecule has 0 aliphatic rings. The van der Waals surface area contributed by atoms with Crippen LogP contribution in [0, 0.1) is 0 Å². The number of alkyl halides is 1. The van der Waals surface area contributed by atoms with Gasteiger partial charge >= 0.3 is 0 Å². The third-order valence-corrected chi connectivity index (χ3v) is 1.54. The van der Waals surface area contributed by atoms with E-state index in [0.29, 0.717) is 5.56 Å². The molecular formula is C8H9FN2O. The predicted molar refractivity (Wildman–Crippen MR) is 44.2 cm³/mol. The fraction of sp³-hybridized carbons (Fsp3) is 0.125. The van der Waals surface area contributed by atoms with Crippen LogP contribution in [-0.2, 0) is 6.67 Å². The monoisotopic (exact) mass is 168 g/mol. The largest absolute Gasteiger partial charge is 0.398 e. The summed E-state index contributed by atoms with van der Waals surface area (Å²) in [5.41, 5.74) is 11.3. The number of hydrogen-bond donors (Lipinski definition) is 2. The van der Waals surface area contributed by atoms with Gasteiger partial charge in [0.1, 0.15) is 6.67 Å². The summed E-state index contributed by atoms with van der Waals surface area (Å²) < 4.78 is 12.1. The molecule has 0 heterocycles. The van der Waals surface area contributed by atoms with Gasteiger partial charge in [-0.25, -0.2) is 4.39 Å². The van der Waals surface area contributed by atoms with Crippen molar-refractivity contribution in [1.82, 2.24) is 0 Å². The van der Waals surface area contributed by atoms with Gasteiger partial charge in [-0.3, -0.25) is 4.79 Å². The number of carbonyl (C=O) groups is 1. The van der Waals surface area contributed by atoms with Crippen molar-refractivity contribution in [2.45, 2.75) is 6.67 Å². The molecule has 0 bridgehead atoms. The molecule has 1 aromatic rings. The van der Waals surface area contributed by atoms with Gasteiger partial charge in [-0.15, -0.1) is 0 Å². The van der Waals surface area contributed by atoms with Crippen molar-refractivity contribution in [2.75, 3.05) is 5.73 Å². The number of carbonyl (C=O) groups excluding carboxylic acids is 1. The maximum absolute atomic E-state index is 12.1. The van der Waals surface area contributed by atoms with Gasteiger partial charge < -0.3 is 11.5 Å². The minimum atomic E-state index is -0.636. The van der Waals surface area contributed by atoms with E-state index in [9.17, 15) is 9.18 Å². The van der Waals surface area contributed by atoms with Gasteiger partial charge in [0.25, 0.3) is 5.91 Å². The second kappa shape index (κ2) is 3.21. The summed E-state index contributed by atoms with van der Waals surface area (Å²) in [6.45, 7) is -0.624. The number of rotatable bonds is 2. The van der Waals surface area contributed by atoms with Crippen molar-refractivity contribution >= 4 is 11.6 Å². The first-order valence-corrected chi connectivity index (χ1v) is 3.39. The summed E-state index contributed by atoms with van der Waals surface area (Å²) >= 11 is 0. The van der Waals surface area contributed by atoms with Crippen molar-refractivity contribution in [3.05, 3.63) is 29.3 Å². The van der Waals surface area contributed by atoms with E-state index in [2.05, 4.69) is 0 Å². The molecule has 3 nitrogen and oxygen atoms in total. The number of benzene rings is 1. The van der Waals surface area contributed by atoms with Crippen molar-refractivity contribution in [2.24, 2.45) is 5.73 Å². The predicted octanol–water partition coefficient (Wildman–Crippen LogP) is 0.837. The minimum Gasteiger partial charge on any atom is -0.398 e. The summed E-state index contributed by atoms with van der Waals surface area (Å²) in [6, 6.07) is 4.34. The zero-order valence-electron chi connectivity index (χ0n) is 6.38. The highest BCUT2D eigenvalue weighted by atomic mass is 19.1. The third-order valence-electron chi connectivity index (χ3n) is 1.54. The highest BCUT2D eigenvalue weighted by molar-refractivity contribution is 5.98. The Morgan fingerprint density at radius 1 is 1.50 bits per heavy atom. The standard InChI is InChI=1S/C8H9FN2O/c9-4-5-1-2-7(10)6(3-5)8(11)12/h1-3H,4,10H2,(H2,11,12). The first kappa shape index (κ1) is 8.52. The lowest BCUT2D eigenvalue weighted by Crippen LogP contribution is -2.13. The van der Waals surface area contributed by atoms with Gasteiger partial charge in [0.05, 0.1) is 5.56 Å². The lowest BCUT2D eigenvalue weighted by molar-refractivity contribution is 0.100. The number of halogens is 1. The zero-order valence-corrected chi connectivity index (χ0v) is 6.38. The van der Waals surface area contributed by atoms with Crippen LogP contribution < -0.4 is 11.5 Å². The van der Waals surface area contributed by atoms with Crippen LogP contribution in [0.2, 0.25) is 0 Å². The molecule has 4 N–H and O–H groups in total. The molecule has 0 saturated carbocycles. The number of nitrogens with two attached hydrogens (primary N) is 2. The summed E-state index contributed by atoms with van der Waals surface area (Å²) in [5.74, 6) is -0.636. The maximum atomic E-state index is 12.1. The van der Waals surface area contributed by atoms with Crippen LogP contribution in [0.3, 0.4) is 0 Å². The van der Waals surface area contributed by atoms with E-state index in [4.69, 9.17) is 11.5 Å². The van der Waals surface area contributed by atoms with Crippen LogP contribution in [0.15, 0.2) is 18.2 Å².